The summed E-state index contributed by atoms with van der Waals surface area (Å²) < 4.78 is 0. The lowest BCUT2D eigenvalue weighted by atomic mass is 9.84. The van der Waals surface area contributed by atoms with Crippen LogP contribution in [-0.2, 0) is 4.79 Å². The Hall–Kier alpha value is -0.530. The highest BCUT2D eigenvalue weighted by Crippen LogP contribution is 2.27. The van der Waals surface area contributed by atoms with E-state index >= 15 is 0 Å². The van der Waals surface area contributed by atoms with E-state index < -0.39 is 0 Å². The fourth-order valence-corrected chi connectivity index (χ4v) is 2.06. The molecule has 1 amide bonds. The fraction of sp³-hybridized carbons (Fsp3) is 0.900. The normalized spacial score (nSPS) is 37.2. The molecule has 1 rings (SSSR count). The van der Waals surface area contributed by atoms with E-state index in [0.29, 0.717) is 17.9 Å². The van der Waals surface area contributed by atoms with Gasteiger partial charge in [-0.1, -0.05) is 13.8 Å². The van der Waals surface area contributed by atoms with Crippen molar-refractivity contribution in [1.29, 1.82) is 0 Å². The molecule has 70 valence electrons. The number of carbonyl (C=O) groups excluding carboxylic acids is 1. The van der Waals surface area contributed by atoms with Gasteiger partial charge in [0.1, 0.15) is 0 Å². The Morgan fingerprint density at radius 1 is 1.42 bits per heavy atom. The van der Waals surface area contributed by atoms with Crippen LogP contribution in [0.5, 0.6) is 0 Å². The van der Waals surface area contributed by atoms with Gasteiger partial charge in [0.15, 0.2) is 0 Å². The number of amides is 1. The van der Waals surface area contributed by atoms with Crippen molar-refractivity contribution in [3.8, 4) is 0 Å². The highest BCUT2D eigenvalue weighted by atomic mass is 16.2. The average Bonchev–Trinajstić information content (AvgIpc) is 2.01. The van der Waals surface area contributed by atoms with E-state index in [1.54, 1.807) is 0 Å². The number of piperidine rings is 1. The van der Waals surface area contributed by atoms with Gasteiger partial charge in [0.2, 0.25) is 5.91 Å². The van der Waals surface area contributed by atoms with Crippen molar-refractivity contribution in [2.75, 3.05) is 6.54 Å². The monoisotopic (exact) mass is 169 g/mol. The minimum Gasteiger partial charge on any atom is -0.340 e. The van der Waals surface area contributed by atoms with Crippen LogP contribution >= 0.6 is 0 Å². The van der Waals surface area contributed by atoms with Crippen molar-refractivity contribution in [3.63, 3.8) is 0 Å². The summed E-state index contributed by atoms with van der Waals surface area (Å²) >= 11 is 0. The molecule has 0 aromatic heterocycles. The van der Waals surface area contributed by atoms with Crippen molar-refractivity contribution < 1.29 is 4.79 Å². The van der Waals surface area contributed by atoms with Gasteiger partial charge < -0.3 is 4.90 Å². The highest BCUT2D eigenvalue weighted by Gasteiger charge is 2.33. The van der Waals surface area contributed by atoms with Crippen LogP contribution in [0.15, 0.2) is 0 Å². The summed E-state index contributed by atoms with van der Waals surface area (Å²) in [5.74, 6) is 1.11. The van der Waals surface area contributed by atoms with Gasteiger partial charge in [0.05, 0.1) is 0 Å². The third-order valence-corrected chi connectivity index (χ3v) is 3.11. The Labute approximate surface area is 74.9 Å². The lowest BCUT2D eigenvalue weighted by molar-refractivity contribution is -0.142. The van der Waals surface area contributed by atoms with E-state index in [0.717, 1.165) is 13.0 Å². The quantitative estimate of drug-likeness (QED) is 0.587. The predicted octanol–water partition coefficient (Wildman–Crippen LogP) is 1.90. The van der Waals surface area contributed by atoms with Gasteiger partial charge in [-0.15, -0.1) is 0 Å². The molecule has 0 aliphatic carbocycles. The SMILES string of the molecule is CCN1C(=O)C(C)[C@@H](C)CC1C. The predicted molar refractivity (Wildman–Crippen MR) is 49.8 cm³/mol. The van der Waals surface area contributed by atoms with E-state index in [9.17, 15) is 4.79 Å². The smallest absolute Gasteiger partial charge is 0.225 e. The molecular formula is C10H19NO. The molecule has 12 heavy (non-hydrogen) atoms. The number of likely N-dealkylation sites (tertiary alicyclic amines) is 1. The second-order valence-corrected chi connectivity index (χ2v) is 3.97. The first-order valence-electron chi connectivity index (χ1n) is 4.88. The maximum absolute atomic E-state index is 11.7. The largest absolute Gasteiger partial charge is 0.340 e. The van der Waals surface area contributed by atoms with Crippen molar-refractivity contribution in [3.05, 3.63) is 0 Å². The molecule has 2 unspecified atom stereocenters. The molecule has 0 aromatic carbocycles. The fourth-order valence-electron chi connectivity index (χ4n) is 2.06. The van der Waals surface area contributed by atoms with Gasteiger partial charge in [-0.2, -0.15) is 0 Å². The summed E-state index contributed by atoms with van der Waals surface area (Å²) in [6.45, 7) is 9.27. The standard InChI is InChI=1S/C10H19NO/c1-5-11-8(3)6-7(2)9(4)10(11)12/h7-9H,5-6H2,1-4H3/t7-,8?,9?/m0/s1. The molecule has 0 bridgehead atoms. The lowest BCUT2D eigenvalue weighted by Gasteiger charge is -2.39. The average molecular weight is 169 g/mol. The van der Waals surface area contributed by atoms with Crippen LogP contribution in [-0.4, -0.2) is 23.4 Å². The minimum absolute atomic E-state index is 0.223. The molecule has 0 aromatic rings. The minimum atomic E-state index is 0.223. The van der Waals surface area contributed by atoms with Crippen LogP contribution in [0.4, 0.5) is 0 Å². The topological polar surface area (TPSA) is 20.3 Å². The van der Waals surface area contributed by atoms with Gasteiger partial charge in [0, 0.05) is 18.5 Å². The Morgan fingerprint density at radius 2 is 2.00 bits per heavy atom. The molecule has 1 aliphatic heterocycles. The summed E-state index contributed by atoms with van der Waals surface area (Å²) in [5.41, 5.74) is 0. The van der Waals surface area contributed by atoms with Crippen molar-refractivity contribution in [2.45, 2.75) is 40.2 Å². The first kappa shape index (κ1) is 9.56. The number of rotatable bonds is 1. The van der Waals surface area contributed by atoms with E-state index in [2.05, 4.69) is 20.8 Å². The zero-order valence-corrected chi connectivity index (χ0v) is 8.50. The summed E-state index contributed by atoms with van der Waals surface area (Å²) in [5, 5.41) is 0. The Kier molecular flexibility index (Phi) is 2.76. The first-order chi connectivity index (χ1) is 5.57. The maximum Gasteiger partial charge on any atom is 0.225 e. The van der Waals surface area contributed by atoms with Crippen LogP contribution in [0.2, 0.25) is 0 Å². The van der Waals surface area contributed by atoms with Crippen molar-refractivity contribution >= 4 is 5.91 Å². The van der Waals surface area contributed by atoms with Crippen molar-refractivity contribution in [2.24, 2.45) is 11.8 Å². The van der Waals surface area contributed by atoms with Gasteiger partial charge >= 0.3 is 0 Å². The van der Waals surface area contributed by atoms with Gasteiger partial charge in [-0.3, -0.25) is 4.79 Å². The maximum atomic E-state index is 11.7. The zero-order valence-electron chi connectivity index (χ0n) is 8.50. The molecule has 3 atom stereocenters. The van der Waals surface area contributed by atoms with Crippen molar-refractivity contribution in [1.82, 2.24) is 4.90 Å². The van der Waals surface area contributed by atoms with Crippen LogP contribution in [0.3, 0.4) is 0 Å². The van der Waals surface area contributed by atoms with Crippen LogP contribution in [0, 0.1) is 11.8 Å². The molecule has 0 radical (unpaired) electrons. The number of carbonyl (C=O) groups is 1. The van der Waals surface area contributed by atoms with Crippen LogP contribution in [0.1, 0.15) is 34.1 Å². The highest BCUT2D eigenvalue weighted by molar-refractivity contribution is 5.79. The third-order valence-electron chi connectivity index (χ3n) is 3.11. The Morgan fingerprint density at radius 3 is 2.50 bits per heavy atom. The summed E-state index contributed by atoms with van der Waals surface area (Å²) in [7, 11) is 0. The molecule has 0 saturated carbocycles. The molecule has 2 heteroatoms. The molecular weight excluding hydrogens is 150 g/mol. The molecule has 1 heterocycles. The zero-order chi connectivity index (χ0) is 9.30. The van der Waals surface area contributed by atoms with Crippen LogP contribution in [0.25, 0.3) is 0 Å². The van der Waals surface area contributed by atoms with E-state index in [-0.39, 0.29) is 5.92 Å². The Bertz CT molecular complexity index is 179. The molecule has 1 saturated heterocycles. The molecule has 1 aliphatic rings. The molecule has 2 nitrogen and oxygen atoms in total. The van der Waals surface area contributed by atoms with E-state index in [4.69, 9.17) is 0 Å². The van der Waals surface area contributed by atoms with Gasteiger partial charge in [-0.05, 0) is 26.2 Å². The summed E-state index contributed by atoms with van der Waals surface area (Å²) in [6.07, 6.45) is 1.15. The number of hydrogen-bond donors (Lipinski definition) is 0. The third kappa shape index (κ3) is 1.47. The van der Waals surface area contributed by atoms with Crippen LogP contribution < -0.4 is 0 Å². The number of hydrogen-bond acceptors (Lipinski definition) is 1. The molecule has 0 spiro atoms. The summed E-state index contributed by atoms with van der Waals surface area (Å²) in [6, 6.07) is 0.439. The number of nitrogens with zero attached hydrogens (tertiary/aromatic N) is 1. The first-order valence-corrected chi connectivity index (χ1v) is 4.88. The van der Waals surface area contributed by atoms with Gasteiger partial charge in [0.25, 0.3) is 0 Å². The van der Waals surface area contributed by atoms with Gasteiger partial charge in [-0.25, -0.2) is 0 Å². The lowest BCUT2D eigenvalue weighted by Crippen LogP contribution is -2.48. The Balaban J connectivity index is 2.72. The van der Waals surface area contributed by atoms with E-state index in [1.165, 1.54) is 0 Å². The molecule has 1 fully saturated rings. The van der Waals surface area contributed by atoms with E-state index in [1.807, 2.05) is 11.8 Å². The summed E-state index contributed by atoms with van der Waals surface area (Å²) in [4.78, 5) is 13.7. The second kappa shape index (κ2) is 3.46. The second-order valence-electron chi connectivity index (χ2n) is 3.97. The molecule has 0 N–H and O–H groups in total.